The Balaban J connectivity index is 2.25. The predicted octanol–water partition coefficient (Wildman–Crippen LogP) is 4.02. The molecule has 1 aliphatic carbocycles. The highest BCUT2D eigenvalue weighted by Crippen LogP contribution is 2.32. The number of hydrogen-bond acceptors (Lipinski definition) is 1. The number of halogens is 1. The van der Waals surface area contributed by atoms with Crippen molar-refractivity contribution in [2.24, 2.45) is 0 Å². The van der Waals surface area contributed by atoms with Crippen molar-refractivity contribution in [3.05, 3.63) is 59.5 Å². The maximum absolute atomic E-state index is 12.9. The van der Waals surface area contributed by atoms with Crippen molar-refractivity contribution in [3.8, 4) is 0 Å². The van der Waals surface area contributed by atoms with Crippen molar-refractivity contribution >= 4 is 0 Å². The maximum Gasteiger partial charge on any atom is 0.100 e. The summed E-state index contributed by atoms with van der Waals surface area (Å²) >= 11 is 0. The third kappa shape index (κ3) is 2.64. The molecule has 0 aromatic heterocycles. The first-order chi connectivity index (χ1) is 8.22. The number of ether oxygens (including phenoxy) is 1. The van der Waals surface area contributed by atoms with Gasteiger partial charge in [-0.1, -0.05) is 25.3 Å². The molecule has 0 unspecified atom stereocenters. The minimum absolute atomic E-state index is 0.0496. The Bertz CT molecular complexity index is 438. The van der Waals surface area contributed by atoms with Crippen molar-refractivity contribution in [2.45, 2.75) is 19.3 Å². The van der Waals surface area contributed by atoms with Gasteiger partial charge in [-0.05, 0) is 41.2 Å². The normalized spacial score (nSPS) is 20.8. The molecule has 1 aliphatic heterocycles. The van der Waals surface area contributed by atoms with E-state index >= 15 is 0 Å². The Labute approximate surface area is 102 Å². The monoisotopic (exact) mass is 232 g/mol. The average molecular weight is 232 g/mol. The molecule has 0 aromatic carbocycles. The summed E-state index contributed by atoms with van der Waals surface area (Å²) in [4.78, 5) is 0. The predicted molar refractivity (Wildman–Crippen MR) is 68.3 cm³/mol. The number of hydrogen-bond donors (Lipinski definition) is 0. The van der Waals surface area contributed by atoms with Crippen molar-refractivity contribution in [2.75, 3.05) is 13.2 Å². The second-order valence-electron chi connectivity index (χ2n) is 4.29. The fourth-order valence-electron chi connectivity index (χ4n) is 2.19. The first kappa shape index (κ1) is 12.1. The van der Waals surface area contributed by atoms with Crippen LogP contribution in [0.15, 0.2) is 59.5 Å². The lowest BCUT2D eigenvalue weighted by Gasteiger charge is -2.23. The maximum atomic E-state index is 12.9. The summed E-state index contributed by atoms with van der Waals surface area (Å²) in [5.74, 6) is -0.0496. The average Bonchev–Trinajstić information content (AvgIpc) is 2.39. The molecule has 0 spiro atoms. The van der Waals surface area contributed by atoms with Crippen LogP contribution in [0, 0.1) is 0 Å². The quantitative estimate of drug-likeness (QED) is 0.714. The zero-order valence-electron chi connectivity index (χ0n) is 9.97. The van der Waals surface area contributed by atoms with Crippen molar-refractivity contribution in [1.29, 1.82) is 0 Å². The summed E-state index contributed by atoms with van der Waals surface area (Å²) in [6.45, 7) is 9.28. The third-order valence-electron chi connectivity index (χ3n) is 3.24. The molecule has 90 valence electrons. The fourth-order valence-corrected chi connectivity index (χ4v) is 2.19. The fraction of sp³-hybridized carbons (Fsp3) is 0.333. The van der Waals surface area contributed by atoms with Crippen LogP contribution >= 0.6 is 0 Å². The summed E-state index contributed by atoms with van der Waals surface area (Å²) in [7, 11) is 0. The Morgan fingerprint density at radius 2 is 2.12 bits per heavy atom. The zero-order valence-corrected chi connectivity index (χ0v) is 9.97. The molecule has 0 bridgehead atoms. The SMILES string of the molecule is C=CC1=C(C(=C)C2=CC=C(F)CC2)CCOC1. The molecule has 0 amide bonds. The smallest absolute Gasteiger partial charge is 0.100 e. The topological polar surface area (TPSA) is 9.23 Å². The van der Waals surface area contributed by atoms with Gasteiger partial charge in [-0.25, -0.2) is 4.39 Å². The first-order valence-electron chi connectivity index (χ1n) is 5.89. The summed E-state index contributed by atoms with van der Waals surface area (Å²) < 4.78 is 18.3. The second kappa shape index (κ2) is 5.28. The molecule has 2 heteroatoms. The molecule has 2 rings (SSSR count). The summed E-state index contributed by atoms with van der Waals surface area (Å²) in [5.41, 5.74) is 4.47. The van der Waals surface area contributed by atoms with Gasteiger partial charge in [0.2, 0.25) is 0 Å². The zero-order chi connectivity index (χ0) is 12.3. The lowest BCUT2D eigenvalue weighted by Crippen LogP contribution is -2.12. The van der Waals surface area contributed by atoms with Crippen molar-refractivity contribution < 1.29 is 9.13 Å². The molecule has 1 nitrogen and oxygen atoms in total. The molecule has 0 saturated heterocycles. The van der Waals surface area contributed by atoms with E-state index < -0.39 is 0 Å². The molecule has 0 radical (unpaired) electrons. The van der Waals surface area contributed by atoms with Crippen LogP contribution in [0.25, 0.3) is 0 Å². The highest BCUT2D eigenvalue weighted by atomic mass is 19.1. The Hall–Kier alpha value is -1.41. The highest BCUT2D eigenvalue weighted by molar-refractivity contribution is 5.51. The second-order valence-corrected chi connectivity index (χ2v) is 4.29. The molecule has 1 heterocycles. The van der Waals surface area contributed by atoms with E-state index in [9.17, 15) is 4.39 Å². The lowest BCUT2D eigenvalue weighted by atomic mass is 9.88. The van der Waals surface area contributed by atoms with Gasteiger partial charge in [0.25, 0.3) is 0 Å². The van der Waals surface area contributed by atoms with Gasteiger partial charge in [0.05, 0.1) is 13.2 Å². The largest absolute Gasteiger partial charge is 0.376 e. The third-order valence-corrected chi connectivity index (χ3v) is 3.24. The van der Waals surface area contributed by atoms with Crippen LogP contribution in [0.5, 0.6) is 0 Å². The number of allylic oxidation sites excluding steroid dienone is 5. The van der Waals surface area contributed by atoms with E-state index in [1.807, 2.05) is 12.2 Å². The molecule has 0 saturated carbocycles. The van der Waals surface area contributed by atoms with Crippen LogP contribution in [0.1, 0.15) is 19.3 Å². The van der Waals surface area contributed by atoms with Crippen LogP contribution in [-0.2, 0) is 4.74 Å². The Kier molecular flexibility index (Phi) is 3.75. The van der Waals surface area contributed by atoms with Gasteiger partial charge in [-0.2, -0.15) is 0 Å². The summed E-state index contributed by atoms with van der Waals surface area (Å²) in [5, 5.41) is 0. The van der Waals surface area contributed by atoms with E-state index in [0.717, 1.165) is 36.2 Å². The van der Waals surface area contributed by atoms with Gasteiger partial charge in [0.1, 0.15) is 5.83 Å². The van der Waals surface area contributed by atoms with E-state index in [1.165, 1.54) is 11.6 Å². The first-order valence-corrected chi connectivity index (χ1v) is 5.89. The van der Waals surface area contributed by atoms with Crippen LogP contribution < -0.4 is 0 Å². The van der Waals surface area contributed by atoms with Gasteiger partial charge in [0, 0.05) is 6.42 Å². The molecule has 0 N–H and O–H groups in total. The van der Waals surface area contributed by atoms with Gasteiger partial charge in [0.15, 0.2) is 0 Å². The standard InChI is InChI=1S/C15H17FO/c1-3-12-10-17-9-8-15(12)11(2)13-4-6-14(16)7-5-13/h3-4,6H,1-2,5,7-10H2. The molecule has 2 aliphatic rings. The molecule has 17 heavy (non-hydrogen) atoms. The van der Waals surface area contributed by atoms with E-state index in [4.69, 9.17) is 4.74 Å². The molecule has 0 fully saturated rings. The van der Waals surface area contributed by atoms with Crippen LogP contribution in [0.3, 0.4) is 0 Å². The minimum atomic E-state index is -0.0496. The van der Waals surface area contributed by atoms with Crippen molar-refractivity contribution in [3.63, 3.8) is 0 Å². The lowest BCUT2D eigenvalue weighted by molar-refractivity contribution is 0.150. The minimum Gasteiger partial charge on any atom is -0.376 e. The van der Waals surface area contributed by atoms with Crippen molar-refractivity contribution in [1.82, 2.24) is 0 Å². The summed E-state index contributed by atoms with van der Waals surface area (Å²) in [6.07, 6.45) is 7.29. The van der Waals surface area contributed by atoms with Gasteiger partial charge >= 0.3 is 0 Å². The Morgan fingerprint density at radius 3 is 2.76 bits per heavy atom. The number of rotatable bonds is 3. The summed E-state index contributed by atoms with van der Waals surface area (Å²) in [6, 6.07) is 0. The van der Waals surface area contributed by atoms with E-state index in [-0.39, 0.29) is 5.83 Å². The van der Waals surface area contributed by atoms with Crippen LogP contribution in [-0.4, -0.2) is 13.2 Å². The molecular formula is C15H17FO. The van der Waals surface area contributed by atoms with Gasteiger partial charge in [-0.15, -0.1) is 0 Å². The van der Waals surface area contributed by atoms with E-state index in [0.29, 0.717) is 13.0 Å². The van der Waals surface area contributed by atoms with Crippen LogP contribution in [0.4, 0.5) is 4.39 Å². The highest BCUT2D eigenvalue weighted by Gasteiger charge is 2.17. The molecule has 0 aromatic rings. The van der Waals surface area contributed by atoms with Crippen LogP contribution in [0.2, 0.25) is 0 Å². The molecular weight excluding hydrogens is 215 g/mol. The van der Waals surface area contributed by atoms with E-state index in [1.54, 1.807) is 0 Å². The molecule has 0 atom stereocenters. The van der Waals surface area contributed by atoms with Gasteiger partial charge < -0.3 is 4.74 Å². The Morgan fingerprint density at radius 1 is 1.29 bits per heavy atom. The van der Waals surface area contributed by atoms with Gasteiger partial charge in [-0.3, -0.25) is 0 Å². The van der Waals surface area contributed by atoms with E-state index in [2.05, 4.69) is 13.2 Å².